The van der Waals surface area contributed by atoms with E-state index in [9.17, 15) is 14.4 Å². The summed E-state index contributed by atoms with van der Waals surface area (Å²) in [5, 5.41) is 3.37. The molecule has 1 heterocycles. The molecular formula is C23H20ClNO6. The molecule has 2 aromatic carbocycles. The van der Waals surface area contributed by atoms with E-state index in [4.69, 9.17) is 25.5 Å². The van der Waals surface area contributed by atoms with Gasteiger partial charge in [0.1, 0.15) is 18.2 Å². The van der Waals surface area contributed by atoms with Crippen molar-refractivity contribution in [3.63, 3.8) is 0 Å². The number of ether oxygens (including phenoxy) is 2. The smallest absolute Gasteiger partial charge is 0.408 e. The number of amides is 1. The molecule has 0 saturated heterocycles. The number of carbonyl (C=O) groups excluding carboxylic acids is 2. The number of rotatable bonds is 5. The Kier molecular flexibility index (Phi) is 5.95. The highest BCUT2D eigenvalue weighted by Crippen LogP contribution is 2.34. The highest BCUT2D eigenvalue weighted by Gasteiger charge is 2.23. The third-order valence-electron chi connectivity index (χ3n) is 5.14. The first-order valence-electron chi connectivity index (χ1n) is 9.89. The second-order valence-electron chi connectivity index (χ2n) is 7.33. The van der Waals surface area contributed by atoms with Crippen LogP contribution in [0.1, 0.15) is 30.0 Å². The number of alkyl carbamates (subject to hydrolysis) is 1. The number of fused-ring (bicyclic) bond motifs is 3. The predicted molar refractivity (Wildman–Crippen MR) is 114 cm³/mol. The number of carbonyl (C=O) groups is 2. The molecular weight excluding hydrogens is 422 g/mol. The van der Waals surface area contributed by atoms with Gasteiger partial charge in [0.25, 0.3) is 0 Å². The van der Waals surface area contributed by atoms with Crippen LogP contribution in [0.15, 0.2) is 51.7 Å². The minimum atomic E-state index is -0.984. The van der Waals surface area contributed by atoms with Crippen LogP contribution in [0, 0.1) is 0 Å². The predicted octanol–water partition coefficient (Wildman–Crippen LogP) is 4.16. The van der Waals surface area contributed by atoms with E-state index < -0.39 is 18.1 Å². The SMILES string of the molecule is CC(NC(=O)OCc1ccccc1)C(=O)Oc1cc2oc(=O)c3c(c2cc1Cl)CCC3. The summed E-state index contributed by atoms with van der Waals surface area (Å²) in [5.74, 6) is -0.687. The van der Waals surface area contributed by atoms with Gasteiger partial charge in [0.05, 0.1) is 5.02 Å². The monoisotopic (exact) mass is 441 g/mol. The average molecular weight is 442 g/mol. The lowest BCUT2D eigenvalue weighted by Crippen LogP contribution is -2.41. The van der Waals surface area contributed by atoms with Crippen molar-refractivity contribution in [2.24, 2.45) is 0 Å². The molecule has 0 radical (unpaired) electrons. The van der Waals surface area contributed by atoms with Gasteiger partial charge in [-0.2, -0.15) is 0 Å². The van der Waals surface area contributed by atoms with Crippen LogP contribution in [0.3, 0.4) is 0 Å². The van der Waals surface area contributed by atoms with Gasteiger partial charge < -0.3 is 19.2 Å². The molecule has 1 aliphatic carbocycles. The zero-order valence-corrected chi connectivity index (χ0v) is 17.5. The largest absolute Gasteiger partial charge is 0.445 e. The summed E-state index contributed by atoms with van der Waals surface area (Å²) in [6.45, 7) is 1.54. The summed E-state index contributed by atoms with van der Waals surface area (Å²) >= 11 is 6.31. The molecule has 0 saturated carbocycles. The highest BCUT2D eigenvalue weighted by atomic mass is 35.5. The molecule has 1 unspecified atom stereocenters. The Labute approximate surface area is 182 Å². The van der Waals surface area contributed by atoms with Crippen molar-refractivity contribution in [2.75, 3.05) is 0 Å². The maximum absolute atomic E-state index is 12.4. The third-order valence-corrected chi connectivity index (χ3v) is 5.43. The number of aryl methyl sites for hydroxylation is 1. The second-order valence-corrected chi connectivity index (χ2v) is 7.74. The fraction of sp³-hybridized carbons (Fsp3) is 0.261. The van der Waals surface area contributed by atoms with Crippen LogP contribution in [0.2, 0.25) is 5.02 Å². The summed E-state index contributed by atoms with van der Waals surface area (Å²) in [4.78, 5) is 36.5. The van der Waals surface area contributed by atoms with Crippen LogP contribution in [-0.4, -0.2) is 18.1 Å². The fourth-order valence-corrected chi connectivity index (χ4v) is 3.76. The van der Waals surface area contributed by atoms with Crippen molar-refractivity contribution < 1.29 is 23.5 Å². The average Bonchev–Trinajstić information content (AvgIpc) is 3.25. The van der Waals surface area contributed by atoms with Gasteiger partial charge in [0.15, 0.2) is 5.75 Å². The van der Waals surface area contributed by atoms with Gasteiger partial charge in [-0.1, -0.05) is 41.9 Å². The second kappa shape index (κ2) is 8.81. The van der Waals surface area contributed by atoms with E-state index in [-0.39, 0.29) is 23.0 Å². The molecule has 7 nitrogen and oxygen atoms in total. The maximum Gasteiger partial charge on any atom is 0.408 e. The van der Waals surface area contributed by atoms with Crippen LogP contribution >= 0.6 is 11.6 Å². The van der Waals surface area contributed by atoms with Crippen molar-refractivity contribution in [1.29, 1.82) is 0 Å². The van der Waals surface area contributed by atoms with Crippen molar-refractivity contribution in [2.45, 2.75) is 38.8 Å². The first-order valence-corrected chi connectivity index (χ1v) is 10.3. The van der Waals surface area contributed by atoms with Crippen LogP contribution in [0.5, 0.6) is 5.75 Å². The van der Waals surface area contributed by atoms with Gasteiger partial charge in [0, 0.05) is 17.0 Å². The minimum Gasteiger partial charge on any atom is -0.445 e. The Morgan fingerprint density at radius 2 is 1.90 bits per heavy atom. The molecule has 1 amide bonds. The molecule has 0 bridgehead atoms. The van der Waals surface area contributed by atoms with E-state index >= 15 is 0 Å². The normalized spacial score (nSPS) is 13.5. The van der Waals surface area contributed by atoms with E-state index in [2.05, 4.69) is 5.32 Å². The van der Waals surface area contributed by atoms with Crippen molar-refractivity contribution in [3.8, 4) is 5.75 Å². The van der Waals surface area contributed by atoms with Crippen LogP contribution in [0.25, 0.3) is 11.0 Å². The highest BCUT2D eigenvalue weighted by molar-refractivity contribution is 6.33. The molecule has 1 aliphatic rings. The van der Waals surface area contributed by atoms with E-state index in [0.29, 0.717) is 17.6 Å². The van der Waals surface area contributed by atoms with Gasteiger partial charge in [-0.3, -0.25) is 0 Å². The van der Waals surface area contributed by atoms with Gasteiger partial charge in [0.2, 0.25) is 0 Å². The summed E-state index contributed by atoms with van der Waals surface area (Å²) in [5.41, 5.74) is 2.36. The molecule has 1 N–H and O–H groups in total. The Balaban J connectivity index is 1.43. The van der Waals surface area contributed by atoms with Gasteiger partial charge in [-0.15, -0.1) is 0 Å². The Morgan fingerprint density at radius 3 is 2.68 bits per heavy atom. The van der Waals surface area contributed by atoms with Crippen molar-refractivity contribution in [1.82, 2.24) is 5.32 Å². The number of hydrogen-bond acceptors (Lipinski definition) is 6. The molecule has 0 spiro atoms. The molecule has 1 atom stereocenters. The number of esters is 1. The molecule has 3 aromatic rings. The van der Waals surface area contributed by atoms with E-state index in [1.165, 1.54) is 13.0 Å². The topological polar surface area (TPSA) is 94.8 Å². The van der Waals surface area contributed by atoms with Crippen LogP contribution in [-0.2, 0) is 29.0 Å². The quantitative estimate of drug-likeness (QED) is 0.363. The lowest BCUT2D eigenvalue weighted by molar-refractivity contribution is -0.136. The molecule has 4 rings (SSSR count). The molecule has 1 aromatic heterocycles. The van der Waals surface area contributed by atoms with Gasteiger partial charge >= 0.3 is 17.7 Å². The zero-order valence-electron chi connectivity index (χ0n) is 16.8. The standard InChI is InChI=1S/C23H20ClNO6/c1-13(25-23(28)29-12-14-6-3-2-4-7-14)21(26)31-20-11-19-17(10-18(20)24)15-8-5-9-16(15)22(27)30-19/h2-4,6-7,10-11,13H,5,8-9,12H2,1H3,(H,25,28). The molecule has 8 heteroatoms. The summed E-state index contributed by atoms with van der Waals surface area (Å²) in [7, 11) is 0. The van der Waals surface area contributed by atoms with Crippen molar-refractivity contribution in [3.05, 3.63) is 74.6 Å². The third kappa shape index (κ3) is 4.56. The zero-order chi connectivity index (χ0) is 22.0. The molecule has 0 fully saturated rings. The number of benzene rings is 2. The van der Waals surface area contributed by atoms with Gasteiger partial charge in [-0.05, 0) is 43.4 Å². The lowest BCUT2D eigenvalue weighted by atomic mass is 10.1. The number of halogens is 1. The lowest BCUT2D eigenvalue weighted by Gasteiger charge is -2.14. The van der Waals surface area contributed by atoms with E-state index in [1.54, 1.807) is 6.07 Å². The number of nitrogens with one attached hydrogen (secondary N) is 1. The molecule has 31 heavy (non-hydrogen) atoms. The van der Waals surface area contributed by atoms with Crippen LogP contribution in [0.4, 0.5) is 4.79 Å². The fourth-order valence-electron chi connectivity index (χ4n) is 3.56. The molecule has 0 aliphatic heterocycles. The first kappa shape index (κ1) is 20.9. The summed E-state index contributed by atoms with van der Waals surface area (Å²) in [6.07, 6.45) is 1.60. The summed E-state index contributed by atoms with van der Waals surface area (Å²) < 4.78 is 15.8. The number of hydrogen-bond donors (Lipinski definition) is 1. The van der Waals surface area contributed by atoms with Crippen LogP contribution < -0.4 is 15.7 Å². The molecule has 160 valence electrons. The Bertz CT molecular complexity index is 1200. The Morgan fingerprint density at radius 1 is 1.16 bits per heavy atom. The van der Waals surface area contributed by atoms with Gasteiger partial charge in [-0.25, -0.2) is 14.4 Å². The van der Waals surface area contributed by atoms with Crippen molar-refractivity contribution >= 4 is 34.6 Å². The summed E-state index contributed by atoms with van der Waals surface area (Å²) in [6, 6.07) is 11.2. The first-order chi connectivity index (χ1) is 14.9. The van der Waals surface area contributed by atoms with E-state index in [1.807, 2.05) is 30.3 Å². The van der Waals surface area contributed by atoms with E-state index in [0.717, 1.165) is 29.4 Å². The maximum atomic E-state index is 12.4. The Hall–Kier alpha value is -3.32. The minimum absolute atomic E-state index is 0.0477.